The number of nitrogen functional groups attached to an aromatic ring is 1. The third kappa shape index (κ3) is 4.72. The second kappa shape index (κ2) is 8.79. The minimum Gasteiger partial charge on any atom is -0.496 e. The Morgan fingerprint density at radius 1 is 1.26 bits per heavy atom. The molecule has 1 aromatic heterocycles. The molecule has 1 heterocycles. The normalized spacial score (nSPS) is 10.6. The van der Waals surface area contributed by atoms with Gasteiger partial charge in [-0.2, -0.15) is 0 Å². The van der Waals surface area contributed by atoms with Crippen LogP contribution in [0, 0.1) is 0 Å². The van der Waals surface area contributed by atoms with Crippen molar-refractivity contribution in [3.8, 4) is 17.1 Å². The summed E-state index contributed by atoms with van der Waals surface area (Å²) in [7, 11) is 1.58. The minimum atomic E-state index is -0.137. The van der Waals surface area contributed by atoms with E-state index in [4.69, 9.17) is 22.2 Å². The zero-order chi connectivity index (χ0) is 19.2. The Morgan fingerprint density at radius 2 is 2.07 bits per heavy atom. The third-order valence-corrected chi connectivity index (χ3v) is 4.90. The molecule has 1 amide bonds. The lowest BCUT2D eigenvalue weighted by atomic mass is 10.2. The van der Waals surface area contributed by atoms with Crippen molar-refractivity contribution in [3.05, 3.63) is 59.1 Å². The van der Waals surface area contributed by atoms with Gasteiger partial charge in [-0.3, -0.25) is 4.79 Å². The maximum Gasteiger partial charge on any atom is 0.230 e. The van der Waals surface area contributed by atoms with E-state index in [1.807, 2.05) is 42.5 Å². The fourth-order valence-electron chi connectivity index (χ4n) is 2.42. The first kappa shape index (κ1) is 19.1. The molecule has 0 aliphatic carbocycles. The summed E-state index contributed by atoms with van der Waals surface area (Å²) < 4.78 is 6.68. The van der Waals surface area contributed by atoms with Gasteiger partial charge in [0.05, 0.1) is 18.4 Å². The number of benzene rings is 2. The van der Waals surface area contributed by atoms with Gasteiger partial charge in [0.25, 0.3) is 0 Å². The summed E-state index contributed by atoms with van der Waals surface area (Å²) >= 11 is 7.14. The lowest BCUT2D eigenvalue weighted by Crippen LogP contribution is -2.25. The van der Waals surface area contributed by atoms with Gasteiger partial charge in [-0.15, -0.1) is 10.2 Å². The van der Waals surface area contributed by atoms with Crippen LogP contribution in [0.1, 0.15) is 5.56 Å². The van der Waals surface area contributed by atoms with Gasteiger partial charge in [0.15, 0.2) is 5.82 Å². The van der Waals surface area contributed by atoms with E-state index < -0.39 is 0 Å². The lowest BCUT2D eigenvalue weighted by molar-refractivity contribution is -0.118. The topological polar surface area (TPSA) is 95.1 Å². The van der Waals surface area contributed by atoms with Crippen LogP contribution in [0.15, 0.2) is 53.7 Å². The first-order chi connectivity index (χ1) is 13.1. The molecule has 0 unspecified atom stereocenters. The molecule has 0 radical (unpaired) electrons. The number of aromatic nitrogens is 3. The highest BCUT2D eigenvalue weighted by Gasteiger charge is 2.16. The van der Waals surface area contributed by atoms with Crippen LogP contribution in [0.4, 0.5) is 0 Å². The zero-order valence-corrected chi connectivity index (χ0v) is 16.1. The SMILES string of the molecule is COc1ccccc1-c1nnc(SCC(=O)NCc2cccc(Cl)c2)n1N. The summed E-state index contributed by atoms with van der Waals surface area (Å²) in [5.74, 6) is 7.24. The molecule has 3 rings (SSSR count). The summed E-state index contributed by atoms with van der Waals surface area (Å²) in [6.07, 6.45) is 0. The predicted molar refractivity (Wildman–Crippen MR) is 106 cm³/mol. The van der Waals surface area contributed by atoms with Gasteiger partial charge in [-0.25, -0.2) is 4.68 Å². The van der Waals surface area contributed by atoms with E-state index in [0.717, 1.165) is 11.1 Å². The average molecular weight is 404 g/mol. The van der Waals surface area contributed by atoms with Crippen molar-refractivity contribution in [2.45, 2.75) is 11.7 Å². The van der Waals surface area contributed by atoms with E-state index in [0.29, 0.717) is 28.3 Å². The quantitative estimate of drug-likeness (QED) is 0.465. The van der Waals surface area contributed by atoms with Crippen molar-refractivity contribution in [1.29, 1.82) is 0 Å². The van der Waals surface area contributed by atoms with Crippen LogP contribution in [-0.2, 0) is 11.3 Å². The average Bonchev–Trinajstić information content (AvgIpc) is 3.05. The number of halogens is 1. The number of rotatable bonds is 7. The molecule has 0 bridgehead atoms. The number of hydrogen-bond acceptors (Lipinski definition) is 6. The number of thioether (sulfide) groups is 1. The van der Waals surface area contributed by atoms with Crippen LogP contribution in [0.25, 0.3) is 11.4 Å². The number of nitrogens with zero attached hydrogens (tertiary/aromatic N) is 3. The first-order valence-electron chi connectivity index (χ1n) is 8.06. The van der Waals surface area contributed by atoms with Crippen LogP contribution in [-0.4, -0.2) is 33.6 Å². The number of carbonyl (C=O) groups excluding carboxylic acids is 1. The number of para-hydroxylation sites is 1. The van der Waals surface area contributed by atoms with E-state index in [2.05, 4.69) is 15.5 Å². The third-order valence-electron chi connectivity index (χ3n) is 3.72. The number of carbonyl (C=O) groups is 1. The zero-order valence-electron chi connectivity index (χ0n) is 14.6. The molecule has 140 valence electrons. The Kier molecular flexibility index (Phi) is 6.20. The lowest BCUT2D eigenvalue weighted by Gasteiger charge is -2.08. The van der Waals surface area contributed by atoms with Crippen LogP contribution in [0.3, 0.4) is 0 Å². The molecule has 9 heteroatoms. The van der Waals surface area contributed by atoms with Crippen molar-refractivity contribution in [2.75, 3.05) is 18.7 Å². The molecule has 2 aromatic carbocycles. The highest BCUT2D eigenvalue weighted by molar-refractivity contribution is 7.99. The number of hydrogen-bond donors (Lipinski definition) is 2. The van der Waals surface area contributed by atoms with Gasteiger partial charge in [-0.05, 0) is 29.8 Å². The maximum atomic E-state index is 12.1. The van der Waals surface area contributed by atoms with Gasteiger partial charge in [0.1, 0.15) is 5.75 Å². The van der Waals surface area contributed by atoms with Crippen molar-refractivity contribution in [2.24, 2.45) is 0 Å². The molecule has 0 atom stereocenters. The summed E-state index contributed by atoms with van der Waals surface area (Å²) in [6, 6.07) is 14.7. The molecule has 27 heavy (non-hydrogen) atoms. The summed E-state index contributed by atoms with van der Waals surface area (Å²) in [5.41, 5.74) is 1.66. The predicted octanol–water partition coefficient (Wildman–Crippen LogP) is 2.73. The van der Waals surface area contributed by atoms with E-state index in [9.17, 15) is 4.79 Å². The highest BCUT2D eigenvalue weighted by Crippen LogP contribution is 2.29. The van der Waals surface area contributed by atoms with Crippen molar-refractivity contribution < 1.29 is 9.53 Å². The number of nitrogens with two attached hydrogens (primary N) is 1. The molecule has 0 spiro atoms. The monoisotopic (exact) mass is 403 g/mol. The smallest absolute Gasteiger partial charge is 0.230 e. The molecule has 0 saturated carbocycles. The molecular weight excluding hydrogens is 386 g/mol. The number of methoxy groups -OCH3 is 1. The fourth-order valence-corrected chi connectivity index (χ4v) is 3.32. The Hall–Kier alpha value is -2.71. The highest BCUT2D eigenvalue weighted by atomic mass is 35.5. The Labute approximate surface area is 165 Å². The standard InChI is InChI=1S/C18H18ClN5O2S/c1-26-15-8-3-2-7-14(15)17-22-23-18(24(17)20)27-11-16(25)21-10-12-5-4-6-13(19)9-12/h2-9H,10-11,20H2,1H3,(H,21,25). The Balaban J connectivity index is 1.60. The molecule has 7 nitrogen and oxygen atoms in total. The van der Waals surface area contributed by atoms with E-state index in [1.54, 1.807) is 13.2 Å². The van der Waals surface area contributed by atoms with Gasteiger partial charge >= 0.3 is 0 Å². The molecular formula is C18H18ClN5O2S. The van der Waals surface area contributed by atoms with Crippen LogP contribution < -0.4 is 15.9 Å². The van der Waals surface area contributed by atoms with Crippen molar-refractivity contribution in [3.63, 3.8) is 0 Å². The Bertz CT molecular complexity index is 947. The molecule has 0 aliphatic heterocycles. The molecule has 0 aliphatic rings. The summed E-state index contributed by atoms with van der Waals surface area (Å²) in [5, 5.41) is 12.1. The first-order valence-corrected chi connectivity index (χ1v) is 9.42. The molecule has 0 fully saturated rings. The van der Waals surface area contributed by atoms with Crippen molar-refractivity contribution in [1.82, 2.24) is 20.2 Å². The second-order valence-corrected chi connectivity index (χ2v) is 6.95. The fraction of sp³-hybridized carbons (Fsp3) is 0.167. The van der Waals surface area contributed by atoms with Crippen LogP contribution >= 0.6 is 23.4 Å². The van der Waals surface area contributed by atoms with E-state index in [-0.39, 0.29) is 11.7 Å². The largest absolute Gasteiger partial charge is 0.496 e. The number of nitrogens with one attached hydrogen (secondary N) is 1. The van der Waals surface area contributed by atoms with Crippen LogP contribution in [0.2, 0.25) is 5.02 Å². The minimum absolute atomic E-state index is 0.137. The molecule has 3 N–H and O–H groups in total. The van der Waals surface area contributed by atoms with Crippen LogP contribution in [0.5, 0.6) is 5.75 Å². The van der Waals surface area contributed by atoms with Gasteiger partial charge in [0, 0.05) is 11.6 Å². The number of ether oxygens (including phenoxy) is 1. The number of amides is 1. The van der Waals surface area contributed by atoms with Crippen molar-refractivity contribution >= 4 is 29.3 Å². The molecule has 3 aromatic rings. The van der Waals surface area contributed by atoms with E-state index in [1.165, 1.54) is 16.4 Å². The van der Waals surface area contributed by atoms with E-state index >= 15 is 0 Å². The molecule has 0 saturated heterocycles. The summed E-state index contributed by atoms with van der Waals surface area (Å²) in [6.45, 7) is 0.404. The summed E-state index contributed by atoms with van der Waals surface area (Å²) in [4.78, 5) is 12.1. The van der Waals surface area contributed by atoms with Gasteiger partial charge in [0.2, 0.25) is 11.1 Å². The maximum absolute atomic E-state index is 12.1. The van der Waals surface area contributed by atoms with Gasteiger partial charge in [-0.1, -0.05) is 47.6 Å². The second-order valence-electron chi connectivity index (χ2n) is 5.57. The van der Waals surface area contributed by atoms with Gasteiger partial charge < -0.3 is 15.9 Å². The Morgan fingerprint density at radius 3 is 2.85 bits per heavy atom.